The van der Waals surface area contributed by atoms with E-state index in [4.69, 9.17) is 4.74 Å². The molecule has 3 nitrogen and oxygen atoms in total. The molecule has 0 heterocycles. The van der Waals surface area contributed by atoms with Gasteiger partial charge in [0.15, 0.2) is 0 Å². The summed E-state index contributed by atoms with van der Waals surface area (Å²) in [6, 6.07) is 5.27. The molecule has 0 saturated heterocycles. The van der Waals surface area contributed by atoms with Gasteiger partial charge in [-0.3, -0.25) is 0 Å². The SMILES string of the molecule is CN(C)/C=C/C(=O)Oc1ccc(F)cc1. The van der Waals surface area contributed by atoms with E-state index in [9.17, 15) is 9.18 Å². The molecule has 0 radical (unpaired) electrons. The number of ether oxygens (including phenoxy) is 1. The van der Waals surface area contributed by atoms with Gasteiger partial charge in [-0.25, -0.2) is 9.18 Å². The molecule has 1 aromatic rings. The first-order valence-corrected chi connectivity index (χ1v) is 4.40. The fourth-order valence-corrected chi connectivity index (χ4v) is 0.863. The van der Waals surface area contributed by atoms with Gasteiger partial charge in [0.05, 0.1) is 0 Å². The highest BCUT2D eigenvalue weighted by Crippen LogP contribution is 2.11. The van der Waals surface area contributed by atoms with Crippen LogP contribution in [0.1, 0.15) is 0 Å². The molecule has 0 aliphatic heterocycles. The van der Waals surface area contributed by atoms with Crippen LogP contribution in [0.15, 0.2) is 36.5 Å². The van der Waals surface area contributed by atoms with Crippen LogP contribution in [0.25, 0.3) is 0 Å². The summed E-state index contributed by atoms with van der Waals surface area (Å²) >= 11 is 0. The molecule has 0 bridgehead atoms. The number of carbonyl (C=O) groups is 1. The normalized spacial score (nSPS) is 10.3. The zero-order valence-electron chi connectivity index (χ0n) is 8.61. The molecule has 0 saturated carbocycles. The highest BCUT2D eigenvalue weighted by atomic mass is 19.1. The lowest BCUT2D eigenvalue weighted by molar-refractivity contribution is -0.129. The Kier molecular flexibility index (Phi) is 3.85. The quantitative estimate of drug-likeness (QED) is 0.432. The second kappa shape index (κ2) is 5.14. The fourth-order valence-electron chi connectivity index (χ4n) is 0.863. The minimum Gasteiger partial charge on any atom is -0.423 e. The van der Waals surface area contributed by atoms with Gasteiger partial charge in [0.1, 0.15) is 11.6 Å². The fraction of sp³-hybridized carbons (Fsp3) is 0.182. The van der Waals surface area contributed by atoms with Crippen molar-refractivity contribution in [2.24, 2.45) is 0 Å². The monoisotopic (exact) mass is 209 g/mol. The van der Waals surface area contributed by atoms with E-state index >= 15 is 0 Å². The standard InChI is InChI=1S/C11H12FNO2/c1-13(2)8-7-11(14)15-10-5-3-9(12)4-6-10/h3-8H,1-2H3/b8-7+. The number of nitrogens with zero attached hydrogens (tertiary/aromatic N) is 1. The Hall–Kier alpha value is -1.84. The first kappa shape index (κ1) is 11.2. The van der Waals surface area contributed by atoms with E-state index < -0.39 is 5.97 Å². The Morgan fingerprint density at radius 1 is 1.33 bits per heavy atom. The second-order valence-corrected chi connectivity index (χ2v) is 3.15. The van der Waals surface area contributed by atoms with Crippen molar-refractivity contribution in [3.63, 3.8) is 0 Å². The van der Waals surface area contributed by atoms with E-state index in [0.717, 1.165) is 0 Å². The van der Waals surface area contributed by atoms with Gasteiger partial charge >= 0.3 is 5.97 Å². The number of halogens is 1. The minimum atomic E-state index is -0.490. The highest BCUT2D eigenvalue weighted by molar-refractivity contribution is 5.83. The lowest BCUT2D eigenvalue weighted by Gasteiger charge is -2.03. The predicted octanol–water partition coefficient (Wildman–Crippen LogP) is 1.81. The van der Waals surface area contributed by atoms with Gasteiger partial charge in [0, 0.05) is 26.4 Å². The van der Waals surface area contributed by atoms with Crippen LogP contribution >= 0.6 is 0 Å². The van der Waals surface area contributed by atoms with E-state index in [0.29, 0.717) is 5.75 Å². The molecular formula is C11H12FNO2. The molecule has 1 aromatic carbocycles. The maximum Gasteiger partial charge on any atom is 0.337 e. The van der Waals surface area contributed by atoms with Crippen LogP contribution in [-0.2, 0) is 4.79 Å². The lowest BCUT2D eigenvalue weighted by atomic mass is 10.3. The largest absolute Gasteiger partial charge is 0.423 e. The van der Waals surface area contributed by atoms with Crippen LogP contribution in [0.4, 0.5) is 4.39 Å². The van der Waals surface area contributed by atoms with Crippen LogP contribution in [-0.4, -0.2) is 25.0 Å². The number of hydrogen-bond donors (Lipinski definition) is 0. The molecule has 0 atom stereocenters. The summed E-state index contributed by atoms with van der Waals surface area (Å²) in [4.78, 5) is 12.9. The molecule has 4 heteroatoms. The molecule has 15 heavy (non-hydrogen) atoms. The summed E-state index contributed by atoms with van der Waals surface area (Å²) in [6.45, 7) is 0. The first-order chi connectivity index (χ1) is 7.08. The van der Waals surface area contributed by atoms with Crippen molar-refractivity contribution in [1.29, 1.82) is 0 Å². The number of hydrogen-bond acceptors (Lipinski definition) is 3. The molecule has 0 amide bonds. The molecule has 0 aliphatic carbocycles. The molecular weight excluding hydrogens is 197 g/mol. The molecule has 0 aliphatic rings. The summed E-state index contributed by atoms with van der Waals surface area (Å²) < 4.78 is 17.4. The van der Waals surface area contributed by atoms with Crippen molar-refractivity contribution in [2.45, 2.75) is 0 Å². The van der Waals surface area contributed by atoms with E-state index in [1.165, 1.54) is 30.3 Å². The predicted molar refractivity (Wildman–Crippen MR) is 54.9 cm³/mol. The van der Waals surface area contributed by atoms with Crippen molar-refractivity contribution in [3.05, 3.63) is 42.4 Å². The van der Waals surface area contributed by atoms with Crippen LogP contribution in [0.2, 0.25) is 0 Å². The molecule has 0 unspecified atom stereocenters. The second-order valence-electron chi connectivity index (χ2n) is 3.15. The van der Waals surface area contributed by atoms with Gasteiger partial charge in [-0.15, -0.1) is 0 Å². The number of benzene rings is 1. The molecule has 0 N–H and O–H groups in total. The number of esters is 1. The Bertz CT molecular complexity index is 357. The van der Waals surface area contributed by atoms with Crippen molar-refractivity contribution < 1.29 is 13.9 Å². The average molecular weight is 209 g/mol. The third-order valence-electron chi connectivity index (χ3n) is 1.54. The van der Waals surface area contributed by atoms with E-state index in [-0.39, 0.29) is 5.82 Å². The number of rotatable bonds is 3. The maximum atomic E-state index is 12.5. The summed E-state index contributed by atoms with van der Waals surface area (Å²) in [5, 5.41) is 0. The maximum absolute atomic E-state index is 12.5. The lowest BCUT2D eigenvalue weighted by Crippen LogP contribution is -2.07. The van der Waals surface area contributed by atoms with Crippen molar-refractivity contribution in [1.82, 2.24) is 4.90 Å². The highest BCUT2D eigenvalue weighted by Gasteiger charge is 2.00. The van der Waals surface area contributed by atoms with E-state index in [1.54, 1.807) is 25.2 Å². The Morgan fingerprint density at radius 2 is 1.93 bits per heavy atom. The zero-order chi connectivity index (χ0) is 11.3. The third-order valence-corrected chi connectivity index (χ3v) is 1.54. The zero-order valence-corrected chi connectivity index (χ0v) is 8.61. The molecule has 1 rings (SSSR count). The summed E-state index contributed by atoms with van der Waals surface area (Å²) in [6.07, 6.45) is 2.87. The minimum absolute atomic E-state index is 0.324. The Balaban J connectivity index is 2.55. The van der Waals surface area contributed by atoms with Crippen LogP contribution in [0.3, 0.4) is 0 Å². The van der Waals surface area contributed by atoms with Crippen LogP contribution in [0, 0.1) is 5.82 Å². The Morgan fingerprint density at radius 3 is 2.47 bits per heavy atom. The summed E-state index contributed by atoms with van der Waals surface area (Å²) in [7, 11) is 3.59. The number of carbonyl (C=O) groups excluding carboxylic acids is 1. The molecule has 80 valence electrons. The van der Waals surface area contributed by atoms with Crippen molar-refractivity contribution in [3.8, 4) is 5.75 Å². The van der Waals surface area contributed by atoms with Gasteiger partial charge in [-0.1, -0.05) is 0 Å². The summed E-state index contributed by atoms with van der Waals surface area (Å²) in [5.41, 5.74) is 0. The topological polar surface area (TPSA) is 29.5 Å². The molecule has 0 aromatic heterocycles. The molecule has 0 fully saturated rings. The summed E-state index contributed by atoms with van der Waals surface area (Å²) in [5.74, 6) is -0.529. The van der Waals surface area contributed by atoms with Gasteiger partial charge in [0.25, 0.3) is 0 Å². The Labute approximate surface area is 87.8 Å². The first-order valence-electron chi connectivity index (χ1n) is 4.40. The smallest absolute Gasteiger partial charge is 0.337 e. The molecule has 0 spiro atoms. The third kappa shape index (κ3) is 4.26. The van der Waals surface area contributed by atoms with Gasteiger partial charge in [-0.05, 0) is 24.3 Å². The van der Waals surface area contributed by atoms with Gasteiger partial charge in [-0.2, -0.15) is 0 Å². The van der Waals surface area contributed by atoms with E-state index in [1.807, 2.05) is 0 Å². The van der Waals surface area contributed by atoms with Gasteiger partial charge in [0.2, 0.25) is 0 Å². The van der Waals surface area contributed by atoms with E-state index in [2.05, 4.69) is 0 Å². The van der Waals surface area contributed by atoms with Crippen LogP contribution in [0.5, 0.6) is 5.75 Å². The van der Waals surface area contributed by atoms with Crippen molar-refractivity contribution in [2.75, 3.05) is 14.1 Å². The van der Waals surface area contributed by atoms with Crippen molar-refractivity contribution >= 4 is 5.97 Å². The van der Waals surface area contributed by atoms with Gasteiger partial charge < -0.3 is 9.64 Å². The average Bonchev–Trinajstić information content (AvgIpc) is 2.19. The van der Waals surface area contributed by atoms with Crippen LogP contribution < -0.4 is 4.74 Å².